The number of imidazole rings is 1. The third-order valence-corrected chi connectivity index (χ3v) is 3.94. The topological polar surface area (TPSA) is 72.7 Å². The van der Waals surface area contributed by atoms with Crippen LogP contribution in [-0.2, 0) is 6.54 Å². The number of aromatic nitrogens is 4. The van der Waals surface area contributed by atoms with Crippen molar-refractivity contribution in [3.63, 3.8) is 0 Å². The van der Waals surface area contributed by atoms with E-state index in [4.69, 9.17) is 0 Å². The van der Waals surface area contributed by atoms with Gasteiger partial charge in [0.05, 0.1) is 5.56 Å². The number of nitrogens with zero attached hydrogens (tertiary/aromatic N) is 4. The first kappa shape index (κ1) is 15.0. The van der Waals surface area contributed by atoms with E-state index in [-0.39, 0.29) is 5.91 Å². The first-order valence-corrected chi connectivity index (χ1v) is 7.85. The summed E-state index contributed by atoms with van der Waals surface area (Å²) in [5.41, 5.74) is 1.53. The molecule has 6 heteroatoms. The van der Waals surface area contributed by atoms with Crippen LogP contribution < -0.4 is 5.32 Å². The summed E-state index contributed by atoms with van der Waals surface area (Å²) < 4.78 is 1.82. The lowest BCUT2D eigenvalue weighted by atomic mass is 10.1. The van der Waals surface area contributed by atoms with E-state index in [1.54, 1.807) is 31.1 Å². The second kappa shape index (κ2) is 6.52. The molecule has 0 atom stereocenters. The van der Waals surface area contributed by atoms with Gasteiger partial charge in [0.2, 0.25) is 0 Å². The summed E-state index contributed by atoms with van der Waals surface area (Å²) in [4.78, 5) is 25.0. The van der Waals surface area contributed by atoms with Crippen molar-refractivity contribution in [1.82, 2.24) is 24.8 Å². The van der Waals surface area contributed by atoms with E-state index in [1.165, 1.54) is 0 Å². The Morgan fingerprint density at radius 2 is 2.00 bits per heavy atom. The van der Waals surface area contributed by atoms with Crippen LogP contribution in [0.5, 0.6) is 0 Å². The van der Waals surface area contributed by atoms with E-state index in [2.05, 4.69) is 20.3 Å². The summed E-state index contributed by atoms with van der Waals surface area (Å²) in [5.74, 6) is 0.612. The molecule has 4 rings (SSSR count). The standard InChI is InChI=1S/C19H15N5O/c25-19(17-12-21-11-15-3-1-2-4-16(15)17)23-10-14-5-6-22-18(9-14)24-8-7-20-13-24/h1-9,11-13H,10H2,(H,23,25). The van der Waals surface area contributed by atoms with E-state index < -0.39 is 0 Å². The second-order valence-electron chi connectivity index (χ2n) is 5.58. The van der Waals surface area contributed by atoms with Crippen molar-refractivity contribution in [2.45, 2.75) is 6.54 Å². The molecule has 0 aliphatic heterocycles. The predicted molar refractivity (Wildman–Crippen MR) is 94.3 cm³/mol. The van der Waals surface area contributed by atoms with Gasteiger partial charge in [0.1, 0.15) is 12.1 Å². The average Bonchev–Trinajstić information content (AvgIpc) is 3.21. The van der Waals surface area contributed by atoms with Crippen LogP contribution in [0.4, 0.5) is 0 Å². The molecule has 25 heavy (non-hydrogen) atoms. The zero-order valence-electron chi connectivity index (χ0n) is 13.3. The van der Waals surface area contributed by atoms with Gasteiger partial charge in [-0.3, -0.25) is 14.3 Å². The van der Waals surface area contributed by atoms with Gasteiger partial charge in [-0.15, -0.1) is 0 Å². The van der Waals surface area contributed by atoms with Gasteiger partial charge in [0.15, 0.2) is 0 Å². The van der Waals surface area contributed by atoms with Crippen molar-refractivity contribution >= 4 is 16.7 Å². The molecule has 0 aliphatic rings. The minimum Gasteiger partial charge on any atom is -0.348 e. The number of nitrogens with one attached hydrogen (secondary N) is 1. The van der Waals surface area contributed by atoms with Crippen LogP contribution in [0.25, 0.3) is 16.6 Å². The molecule has 3 heterocycles. The Hall–Kier alpha value is -3.54. The highest BCUT2D eigenvalue weighted by molar-refractivity contribution is 6.06. The first-order valence-electron chi connectivity index (χ1n) is 7.85. The van der Waals surface area contributed by atoms with Gasteiger partial charge in [-0.25, -0.2) is 9.97 Å². The summed E-state index contributed by atoms with van der Waals surface area (Å²) in [6, 6.07) is 11.5. The highest BCUT2D eigenvalue weighted by atomic mass is 16.1. The Balaban J connectivity index is 1.53. The summed E-state index contributed by atoms with van der Waals surface area (Å²) in [6.45, 7) is 0.409. The van der Waals surface area contributed by atoms with Gasteiger partial charge in [0, 0.05) is 42.9 Å². The molecule has 0 aliphatic carbocycles. The molecule has 0 fully saturated rings. The van der Waals surface area contributed by atoms with Gasteiger partial charge in [-0.1, -0.05) is 24.3 Å². The number of amides is 1. The lowest BCUT2D eigenvalue weighted by Gasteiger charge is -2.09. The molecular formula is C19H15N5O. The number of fused-ring (bicyclic) bond motifs is 1. The minimum atomic E-state index is -0.148. The first-order chi connectivity index (χ1) is 12.3. The third-order valence-electron chi connectivity index (χ3n) is 3.94. The van der Waals surface area contributed by atoms with E-state index in [0.717, 1.165) is 22.2 Å². The number of carbonyl (C=O) groups excluding carboxylic acids is 1. The molecule has 3 aromatic heterocycles. The number of benzene rings is 1. The van der Waals surface area contributed by atoms with Crippen molar-refractivity contribution in [2.75, 3.05) is 0 Å². The summed E-state index contributed by atoms with van der Waals surface area (Å²) in [5, 5.41) is 4.79. The molecule has 122 valence electrons. The lowest BCUT2D eigenvalue weighted by molar-refractivity contribution is 0.0952. The minimum absolute atomic E-state index is 0.148. The number of hydrogen-bond donors (Lipinski definition) is 1. The maximum absolute atomic E-state index is 12.6. The molecule has 0 radical (unpaired) electrons. The molecule has 6 nitrogen and oxygen atoms in total. The molecule has 1 amide bonds. The van der Waals surface area contributed by atoms with Crippen LogP contribution in [0.2, 0.25) is 0 Å². The fraction of sp³-hybridized carbons (Fsp3) is 0.0526. The van der Waals surface area contributed by atoms with Crippen LogP contribution in [0.3, 0.4) is 0 Å². The van der Waals surface area contributed by atoms with E-state index in [0.29, 0.717) is 12.1 Å². The van der Waals surface area contributed by atoms with Crippen molar-refractivity contribution < 1.29 is 4.79 Å². The number of carbonyl (C=O) groups is 1. The van der Waals surface area contributed by atoms with E-state index >= 15 is 0 Å². The Morgan fingerprint density at radius 1 is 1.08 bits per heavy atom. The zero-order valence-corrected chi connectivity index (χ0v) is 13.3. The Labute approximate surface area is 144 Å². The number of rotatable bonds is 4. The maximum atomic E-state index is 12.6. The van der Waals surface area contributed by atoms with Crippen molar-refractivity contribution in [3.8, 4) is 5.82 Å². The lowest BCUT2D eigenvalue weighted by Crippen LogP contribution is -2.23. The number of hydrogen-bond acceptors (Lipinski definition) is 4. The molecule has 0 spiro atoms. The highest BCUT2D eigenvalue weighted by Gasteiger charge is 2.10. The van der Waals surface area contributed by atoms with Gasteiger partial charge >= 0.3 is 0 Å². The zero-order chi connectivity index (χ0) is 17.1. The van der Waals surface area contributed by atoms with Gasteiger partial charge < -0.3 is 5.32 Å². The molecule has 1 aromatic carbocycles. The molecule has 4 aromatic rings. The quantitative estimate of drug-likeness (QED) is 0.625. The Morgan fingerprint density at radius 3 is 2.88 bits per heavy atom. The molecule has 0 unspecified atom stereocenters. The van der Waals surface area contributed by atoms with Crippen LogP contribution >= 0.6 is 0 Å². The van der Waals surface area contributed by atoms with E-state index in [9.17, 15) is 4.79 Å². The van der Waals surface area contributed by atoms with Gasteiger partial charge in [-0.2, -0.15) is 0 Å². The van der Waals surface area contributed by atoms with Crippen LogP contribution in [-0.4, -0.2) is 25.4 Å². The SMILES string of the molecule is O=C(NCc1ccnc(-n2ccnc2)c1)c1cncc2ccccc12. The smallest absolute Gasteiger partial charge is 0.253 e. The van der Waals surface area contributed by atoms with E-state index in [1.807, 2.05) is 47.2 Å². The third kappa shape index (κ3) is 3.10. The van der Waals surface area contributed by atoms with Crippen molar-refractivity contribution in [2.24, 2.45) is 0 Å². The molecule has 0 saturated carbocycles. The van der Waals surface area contributed by atoms with Crippen molar-refractivity contribution in [3.05, 3.63) is 84.8 Å². The van der Waals surface area contributed by atoms with Gasteiger partial charge in [-0.05, 0) is 23.1 Å². The summed E-state index contributed by atoms with van der Waals surface area (Å²) >= 11 is 0. The summed E-state index contributed by atoms with van der Waals surface area (Å²) in [6.07, 6.45) is 10.3. The Bertz CT molecular complexity index is 1020. The average molecular weight is 329 g/mol. The van der Waals surface area contributed by atoms with Crippen molar-refractivity contribution in [1.29, 1.82) is 0 Å². The second-order valence-corrected chi connectivity index (χ2v) is 5.58. The normalized spacial score (nSPS) is 10.7. The molecule has 0 bridgehead atoms. The molecular weight excluding hydrogens is 314 g/mol. The van der Waals surface area contributed by atoms with Gasteiger partial charge in [0.25, 0.3) is 5.91 Å². The number of pyridine rings is 2. The monoisotopic (exact) mass is 329 g/mol. The largest absolute Gasteiger partial charge is 0.348 e. The van der Waals surface area contributed by atoms with Crippen LogP contribution in [0.1, 0.15) is 15.9 Å². The van der Waals surface area contributed by atoms with Crippen LogP contribution in [0.15, 0.2) is 73.7 Å². The fourth-order valence-corrected chi connectivity index (χ4v) is 2.68. The van der Waals surface area contributed by atoms with Crippen LogP contribution in [0, 0.1) is 0 Å². The predicted octanol–water partition coefficient (Wildman–Crippen LogP) is 2.75. The molecule has 0 saturated heterocycles. The highest BCUT2D eigenvalue weighted by Crippen LogP contribution is 2.17. The summed E-state index contributed by atoms with van der Waals surface area (Å²) in [7, 11) is 0. The fourth-order valence-electron chi connectivity index (χ4n) is 2.68. The maximum Gasteiger partial charge on any atom is 0.253 e. The Kier molecular flexibility index (Phi) is 3.92. The molecule has 1 N–H and O–H groups in total.